The third-order valence-corrected chi connectivity index (χ3v) is 6.65. The highest BCUT2D eigenvalue weighted by Gasteiger charge is 2.35. The van der Waals surface area contributed by atoms with Gasteiger partial charge in [-0.15, -0.1) is 11.3 Å². The number of halogens is 1. The molecule has 1 aliphatic rings. The van der Waals surface area contributed by atoms with Gasteiger partial charge in [-0.1, -0.05) is 11.6 Å². The molecule has 0 spiro atoms. The lowest BCUT2D eigenvalue weighted by Crippen LogP contribution is -2.37. The first-order valence-electron chi connectivity index (χ1n) is 5.93. The van der Waals surface area contributed by atoms with Crippen LogP contribution in [0.5, 0.6) is 0 Å². The van der Waals surface area contributed by atoms with Crippen molar-refractivity contribution in [2.45, 2.75) is 23.6 Å². The molecule has 1 amide bonds. The number of hydrogen-bond donors (Lipinski definition) is 1. The van der Waals surface area contributed by atoms with Crippen molar-refractivity contribution in [2.24, 2.45) is 0 Å². The zero-order chi connectivity index (χ0) is 15.8. The quantitative estimate of drug-likeness (QED) is 0.646. The lowest BCUT2D eigenvalue weighted by molar-refractivity contribution is -0.384. The number of carbonyl (C=O) groups excluding carboxylic acids is 1. The number of thiophene rings is 1. The van der Waals surface area contributed by atoms with Gasteiger partial charge in [0.1, 0.15) is 4.21 Å². The number of nitro groups is 1. The van der Waals surface area contributed by atoms with Crippen LogP contribution in [-0.2, 0) is 14.8 Å². The summed E-state index contributed by atoms with van der Waals surface area (Å²) in [5, 5.41) is 13.4. The fourth-order valence-corrected chi connectivity index (χ4v) is 5.39. The molecular formula is C10H12ClN3O5S2. The van der Waals surface area contributed by atoms with Gasteiger partial charge in [0, 0.05) is 32.1 Å². The highest BCUT2D eigenvalue weighted by atomic mass is 35.5. The summed E-state index contributed by atoms with van der Waals surface area (Å²) in [6.07, 6.45) is 0.500. The van der Waals surface area contributed by atoms with Gasteiger partial charge < -0.3 is 5.32 Å². The van der Waals surface area contributed by atoms with E-state index in [2.05, 4.69) is 5.32 Å². The summed E-state index contributed by atoms with van der Waals surface area (Å²) in [6, 6.07) is 0.719. The molecule has 1 N–H and O–H groups in total. The van der Waals surface area contributed by atoms with Crippen LogP contribution in [0.3, 0.4) is 0 Å². The third kappa shape index (κ3) is 3.34. The van der Waals surface area contributed by atoms with E-state index < -0.39 is 20.6 Å². The van der Waals surface area contributed by atoms with Crippen LogP contribution in [0.1, 0.15) is 13.3 Å². The summed E-state index contributed by atoms with van der Waals surface area (Å²) in [7, 11) is -3.83. The van der Waals surface area contributed by atoms with Crippen molar-refractivity contribution in [1.29, 1.82) is 0 Å². The lowest BCUT2D eigenvalue weighted by atomic mass is 10.3. The van der Waals surface area contributed by atoms with Gasteiger partial charge in [0.2, 0.25) is 5.91 Å². The molecule has 0 aromatic carbocycles. The van der Waals surface area contributed by atoms with Crippen molar-refractivity contribution in [3.05, 3.63) is 20.5 Å². The highest BCUT2D eigenvalue weighted by molar-refractivity contribution is 7.91. The Morgan fingerprint density at radius 3 is 2.81 bits per heavy atom. The topological polar surface area (TPSA) is 110 Å². The Kier molecular flexibility index (Phi) is 4.51. The summed E-state index contributed by atoms with van der Waals surface area (Å²) in [6.45, 7) is 1.75. The number of nitrogens with zero attached hydrogens (tertiary/aromatic N) is 2. The highest BCUT2D eigenvalue weighted by Crippen LogP contribution is 2.38. The van der Waals surface area contributed by atoms with Crippen LogP contribution in [0, 0.1) is 10.1 Å². The smallest absolute Gasteiger partial charge is 0.300 e. The Bertz CT molecular complexity index is 687. The summed E-state index contributed by atoms with van der Waals surface area (Å²) in [5.74, 6) is -0.228. The van der Waals surface area contributed by atoms with Gasteiger partial charge in [-0.05, 0) is 6.42 Å². The summed E-state index contributed by atoms with van der Waals surface area (Å²) in [5.41, 5.74) is -0.419. The maximum absolute atomic E-state index is 12.4. The fraction of sp³-hybridized carbons (Fsp3) is 0.500. The molecule has 1 saturated heterocycles. The SMILES string of the molecule is CC(=O)NC1CCN(S(=O)(=O)c2cc([N+](=O)[O-])c(Cl)s2)C1. The maximum Gasteiger partial charge on any atom is 0.300 e. The molecule has 1 atom stereocenters. The van der Waals surface area contributed by atoms with E-state index in [1.54, 1.807) is 0 Å². The summed E-state index contributed by atoms with van der Waals surface area (Å²) in [4.78, 5) is 21.0. The van der Waals surface area contributed by atoms with Crippen molar-refractivity contribution >= 4 is 44.6 Å². The second-order valence-electron chi connectivity index (χ2n) is 4.53. The van der Waals surface area contributed by atoms with Crippen LogP contribution < -0.4 is 5.32 Å². The Morgan fingerprint density at radius 2 is 2.29 bits per heavy atom. The van der Waals surface area contributed by atoms with Gasteiger partial charge in [0.25, 0.3) is 15.7 Å². The Hall–Kier alpha value is -1.23. The molecule has 0 bridgehead atoms. The molecule has 0 saturated carbocycles. The Labute approximate surface area is 129 Å². The first-order chi connectivity index (χ1) is 9.71. The predicted molar refractivity (Wildman–Crippen MR) is 77.0 cm³/mol. The lowest BCUT2D eigenvalue weighted by Gasteiger charge is -2.15. The molecule has 2 heterocycles. The van der Waals surface area contributed by atoms with E-state index in [1.165, 1.54) is 11.2 Å². The minimum atomic E-state index is -3.83. The number of rotatable bonds is 4. The first-order valence-corrected chi connectivity index (χ1v) is 8.56. The van der Waals surface area contributed by atoms with E-state index in [-0.39, 0.29) is 33.6 Å². The van der Waals surface area contributed by atoms with Crippen molar-refractivity contribution in [3.8, 4) is 0 Å². The van der Waals surface area contributed by atoms with E-state index in [9.17, 15) is 23.3 Å². The molecule has 0 radical (unpaired) electrons. The van der Waals surface area contributed by atoms with Gasteiger partial charge in [-0.25, -0.2) is 8.42 Å². The molecule has 8 nitrogen and oxygen atoms in total. The summed E-state index contributed by atoms with van der Waals surface area (Å²) < 4.78 is 25.7. The van der Waals surface area contributed by atoms with Gasteiger partial charge in [0.15, 0.2) is 4.34 Å². The molecule has 2 rings (SSSR count). The van der Waals surface area contributed by atoms with E-state index in [4.69, 9.17) is 11.6 Å². The number of amides is 1. The largest absolute Gasteiger partial charge is 0.352 e. The second kappa shape index (κ2) is 5.87. The molecule has 1 unspecified atom stereocenters. The average Bonchev–Trinajstić information content (AvgIpc) is 2.95. The standard InChI is InChI=1S/C10H12ClN3O5S2/c1-6(15)12-7-2-3-13(5-7)21(18,19)9-4-8(14(16)17)10(11)20-9/h4,7H,2-3,5H2,1H3,(H,12,15). The molecule has 21 heavy (non-hydrogen) atoms. The van der Waals surface area contributed by atoms with Crippen LogP contribution in [0.2, 0.25) is 4.34 Å². The third-order valence-electron chi connectivity index (χ3n) is 3.00. The molecule has 1 fully saturated rings. The number of hydrogen-bond acceptors (Lipinski definition) is 6. The van der Waals surface area contributed by atoms with Crippen LogP contribution in [-0.4, -0.2) is 42.7 Å². The van der Waals surface area contributed by atoms with E-state index in [0.717, 1.165) is 6.07 Å². The van der Waals surface area contributed by atoms with Crippen LogP contribution in [0.15, 0.2) is 10.3 Å². The normalized spacial score (nSPS) is 19.6. The Balaban J connectivity index is 2.21. The van der Waals surface area contributed by atoms with Crippen LogP contribution >= 0.6 is 22.9 Å². The van der Waals surface area contributed by atoms with Crippen LogP contribution in [0.25, 0.3) is 0 Å². The first kappa shape index (κ1) is 16.1. The molecule has 1 aromatic rings. The molecule has 116 valence electrons. The molecule has 1 aromatic heterocycles. The summed E-state index contributed by atoms with van der Waals surface area (Å²) >= 11 is 6.35. The van der Waals surface area contributed by atoms with Crippen molar-refractivity contribution in [2.75, 3.05) is 13.1 Å². The zero-order valence-electron chi connectivity index (χ0n) is 10.9. The van der Waals surface area contributed by atoms with Crippen molar-refractivity contribution < 1.29 is 18.1 Å². The van der Waals surface area contributed by atoms with Gasteiger partial charge in [-0.3, -0.25) is 14.9 Å². The number of sulfonamides is 1. The molecule has 1 aliphatic heterocycles. The minimum absolute atomic E-state index is 0.144. The van der Waals surface area contributed by atoms with Crippen molar-refractivity contribution in [1.82, 2.24) is 9.62 Å². The minimum Gasteiger partial charge on any atom is -0.352 e. The van der Waals surface area contributed by atoms with Crippen LogP contribution in [0.4, 0.5) is 5.69 Å². The van der Waals surface area contributed by atoms with Gasteiger partial charge in [0.05, 0.1) is 4.92 Å². The Morgan fingerprint density at radius 1 is 1.62 bits per heavy atom. The molecular weight excluding hydrogens is 342 g/mol. The maximum atomic E-state index is 12.4. The van der Waals surface area contributed by atoms with E-state index in [0.29, 0.717) is 17.8 Å². The second-order valence-corrected chi connectivity index (χ2v) is 8.35. The average molecular weight is 354 g/mol. The predicted octanol–water partition coefficient (Wildman–Crippen LogP) is 1.21. The number of carbonyl (C=O) groups is 1. The monoisotopic (exact) mass is 353 g/mol. The molecule has 11 heteroatoms. The van der Waals surface area contributed by atoms with Gasteiger partial charge >= 0.3 is 0 Å². The molecule has 0 aliphatic carbocycles. The van der Waals surface area contributed by atoms with E-state index in [1.807, 2.05) is 0 Å². The number of nitrogens with one attached hydrogen (secondary N) is 1. The van der Waals surface area contributed by atoms with Gasteiger partial charge in [-0.2, -0.15) is 4.31 Å². The van der Waals surface area contributed by atoms with Crippen molar-refractivity contribution in [3.63, 3.8) is 0 Å². The van der Waals surface area contributed by atoms with E-state index >= 15 is 0 Å². The zero-order valence-corrected chi connectivity index (χ0v) is 13.3. The fourth-order valence-electron chi connectivity index (χ4n) is 2.07.